The van der Waals surface area contributed by atoms with Crippen LogP contribution in [0, 0.1) is 0 Å². The molecule has 0 saturated carbocycles. The number of unbranched alkanes of at least 4 members (excludes halogenated alkanes) is 1. The first kappa shape index (κ1) is 14.4. The molecule has 4 N–H and O–H groups in total. The lowest BCUT2D eigenvalue weighted by Gasteiger charge is -2.04. The number of pyridine rings is 1. The maximum absolute atomic E-state index is 10.8. The topological polar surface area (TPSA) is 122 Å². The fourth-order valence-corrected chi connectivity index (χ4v) is 2.01. The number of nitrogens with zero attached hydrogens (tertiary/aromatic N) is 1. The van der Waals surface area contributed by atoms with Crippen molar-refractivity contribution in [1.29, 1.82) is 0 Å². The molecule has 0 aromatic carbocycles. The first-order chi connectivity index (χ1) is 8.29. The van der Waals surface area contributed by atoms with Crippen LogP contribution >= 0.6 is 0 Å². The maximum atomic E-state index is 10.8. The lowest BCUT2D eigenvalue weighted by Crippen LogP contribution is -2.38. The second-order valence-electron chi connectivity index (χ2n) is 3.83. The molecule has 1 aromatic heterocycles. The number of carboxylic acid groups (broad SMARTS) is 1. The Kier molecular flexibility index (Phi) is 4.62. The van der Waals surface area contributed by atoms with Gasteiger partial charge in [-0.15, -0.1) is 0 Å². The molecule has 0 aliphatic heterocycles. The second-order valence-corrected chi connectivity index (χ2v) is 5.41. The molecule has 7 nitrogen and oxygen atoms in total. The van der Waals surface area contributed by atoms with Gasteiger partial charge in [-0.1, -0.05) is 0 Å². The minimum Gasteiger partial charge on any atom is -0.478 e. The van der Waals surface area contributed by atoms with Crippen LogP contribution in [0.25, 0.3) is 0 Å². The molecule has 1 aromatic rings. The van der Waals surface area contributed by atoms with Crippen LogP contribution in [0.3, 0.4) is 0 Å². The summed E-state index contributed by atoms with van der Waals surface area (Å²) in [5.74, 6) is -0.972. The molecule has 8 heteroatoms. The van der Waals surface area contributed by atoms with E-state index in [0.29, 0.717) is 18.8 Å². The lowest BCUT2D eigenvalue weighted by atomic mass is 10.2. The van der Waals surface area contributed by atoms with E-state index in [9.17, 15) is 13.2 Å². The van der Waals surface area contributed by atoms with Gasteiger partial charge in [0.05, 0.1) is 17.9 Å². The number of nitrogen functional groups attached to an aromatic ring is 1. The molecule has 18 heavy (non-hydrogen) atoms. The number of carboxylic acids is 1. The van der Waals surface area contributed by atoms with Gasteiger partial charge in [0.1, 0.15) is 6.20 Å². The van der Waals surface area contributed by atoms with E-state index in [2.05, 4.69) is 0 Å². The number of hydrogen-bond acceptors (Lipinski definition) is 4. The standard InChI is InChI=1S/C10H14N2O5S/c11-9-4-3-8(10(13)14)7-12(9)5-1-2-6-18(15,16)17/h3-4,7,11H,1-2,5-6H2,(H2,13,14,15,16,17)/p+1. The van der Waals surface area contributed by atoms with E-state index < -0.39 is 16.1 Å². The quantitative estimate of drug-likeness (QED) is 0.379. The Labute approximate surface area is 105 Å². The first-order valence-corrected chi connectivity index (χ1v) is 6.88. The number of anilines is 1. The van der Waals surface area contributed by atoms with Gasteiger partial charge in [0.15, 0.2) is 0 Å². The van der Waals surface area contributed by atoms with Gasteiger partial charge in [-0.25, -0.2) is 9.36 Å². The monoisotopic (exact) mass is 275 g/mol. The van der Waals surface area contributed by atoms with E-state index in [0.717, 1.165) is 0 Å². The van der Waals surface area contributed by atoms with Gasteiger partial charge in [-0.05, 0) is 18.9 Å². The first-order valence-electron chi connectivity index (χ1n) is 5.27. The highest BCUT2D eigenvalue weighted by Crippen LogP contribution is 2.01. The van der Waals surface area contributed by atoms with E-state index >= 15 is 0 Å². The molecule has 1 heterocycles. The van der Waals surface area contributed by atoms with Crippen LogP contribution in [0.5, 0.6) is 0 Å². The predicted octanol–water partition coefficient (Wildman–Crippen LogP) is -0.0775. The summed E-state index contributed by atoms with van der Waals surface area (Å²) in [6.45, 7) is 0.391. The normalized spacial score (nSPS) is 11.4. The van der Waals surface area contributed by atoms with Gasteiger partial charge >= 0.3 is 5.97 Å². The number of aryl methyl sites for hydroxylation is 1. The van der Waals surface area contributed by atoms with Crippen molar-refractivity contribution in [1.82, 2.24) is 0 Å². The zero-order valence-electron chi connectivity index (χ0n) is 9.61. The van der Waals surface area contributed by atoms with Crippen LogP contribution in [0.2, 0.25) is 0 Å². The molecule has 0 saturated heterocycles. The van der Waals surface area contributed by atoms with E-state index in [-0.39, 0.29) is 17.7 Å². The van der Waals surface area contributed by atoms with Crippen molar-refractivity contribution in [2.75, 3.05) is 11.5 Å². The minimum absolute atomic E-state index is 0.110. The summed E-state index contributed by atoms with van der Waals surface area (Å²) in [6.07, 6.45) is 2.14. The van der Waals surface area contributed by atoms with Gasteiger partial charge in [0.2, 0.25) is 0 Å². The van der Waals surface area contributed by atoms with E-state index in [1.165, 1.54) is 22.9 Å². The van der Waals surface area contributed by atoms with Crippen molar-refractivity contribution in [3.63, 3.8) is 0 Å². The van der Waals surface area contributed by atoms with E-state index in [1.807, 2.05) is 0 Å². The third-order valence-electron chi connectivity index (χ3n) is 2.36. The minimum atomic E-state index is -3.94. The highest BCUT2D eigenvalue weighted by Gasteiger charge is 2.11. The number of aromatic nitrogens is 1. The third-order valence-corrected chi connectivity index (χ3v) is 3.16. The maximum Gasteiger partial charge on any atom is 0.339 e. The number of nitrogens with two attached hydrogens (primary N) is 1. The van der Waals surface area contributed by atoms with Crippen molar-refractivity contribution < 1.29 is 27.4 Å². The van der Waals surface area contributed by atoms with Crippen LogP contribution in [0.15, 0.2) is 18.3 Å². The van der Waals surface area contributed by atoms with E-state index in [4.69, 9.17) is 15.4 Å². The lowest BCUT2D eigenvalue weighted by molar-refractivity contribution is -0.683. The molecule has 0 atom stereocenters. The number of aromatic carboxylic acids is 1. The Morgan fingerprint density at radius 1 is 1.33 bits per heavy atom. The molecule has 0 aliphatic rings. The van der Waals surface area contributed by atoms with Crippen molar-refractivity contribution in [3.05, 3.63) is 23.9 Å². The van der Waals surface area contributed by atoms with Gasteiger partial charge < -0.3 is 5.11 Å². The average molecular weight is 275 g/mol. The van der Waals surface area contributed by atoms with Gasteiger partial charge in [-0.3, -0.25) is 10.3 Å². The summed E-state index contributed by atoms with van der Waals surface area (Å²) in [7, 11) is -3.94. The molecule has 0 bridgehead atoms. The van der Waals surface area contributed by atoms with Crippen molar-refractivity contribution in [2.45, 2.75) is 19.4 Å². The van der Waals surface area contributed by atoms with Crippen LogP contribution in [-0.2, 0) is 16.7 Å². The van der Waals surface area contributed by atoms with Gasteiger partial charge in [0, 0.05) is 6.07 Å². The zero-order valence-corrected chi connectivity index (χ0v) is 10.4. The number of rotatable bonds is 6. The van der Waals surface area contributed by atoms with Gasteiger partial charge in [-0.2, -0.15) is 8.42 Å². The summed E-state index contributed by atoms with van der Waals surface area (Å²) in [6, 6.07) is 2.87. The zero-order chi connectivity index (χ0) is 13.8. The smallest absolute Gasteiger partial charge is 0.339 e. The van der Waals surface area contributed by atoms with Crippen LogP contribution in [0.1, 0.15) is 23.2 Å². The predicted molar refractivity (Wildman–Crippen MR) is 63.7 cm³/mol. The second kappa shape index (κ2) is 5.78. The Hall–Kier alpha value is -1.67. The third kappa shape index (κ3) is 4.68. The molecular formula is C10H15N2O5S+. The molecule has 0 spiro atoms. The van der Waals surface area contributed by atoms with Crippen LogP contribution in [-0.4, -0.2) is 29.8 Å². The van der Waals surface area contributed by atoms with Crippen molar-refractivity contribution in [2.24, 2.45) is 0 Å². The van der Waals surface area contributed by atoms with Crippen LogP contribution < -0.4 is 10.3 Å². The Morgan fingerprint density at radius 3 is 2.56 bits per heavy atom. The number of hydrogen-bond donors (Lipinski definition) is 3. The fraction of sp³-hybridized carbons (Fsp3) is 0.400. The van der Waals surface area contributed by atoms with Crippen molar-refractivity contribution in [3.8, 4) is 0 Å². The Bertz CT molecular complexity index is 541. The molecule has 0 aliphatic carbocycles. The number of carbonyl (C=O) groups is 1. The SMILES string of the molecule is Nc1ccc(C(=O)O)c[n+]1CCCCS(=O)(=O)O. The largest absolute Gasteiger partial charge is 0.478 e. The highest BCUT2D eigenvalue weighted by molar-refractivity contribution is 7.85. The fourth-order valence-electron chi connectivity index (χ4n) is 1.44. The molecule has 0 fully saturated rings. The molecule has 0 amide bonds. The van der Waals surface area contributed by atoms with Gasteiger partial charge in [0.25, 0.3) is 15.9 Å². The molecule has 0 unspecified atom stereocenters. The van der Waals surface area contributed by atoms with Crippen molar-refractivity contribution >= 4 is 21.9 Å². The highest BCUT2D eigenvalue weighted by atomic mass is 32.2. The summed E-state index contributed by atoms with van der Waals surface area (Å²) < 4.78 is 31.1. The Balaban J connectivity index is 2.61. The van der Waals surface area contributed by atoms with Crippen LogP contribution in [0.4, 0.5) is 5.82 Å². The molecule has 1 rings (SSSR count). The van der Waals surface area contributed by atoms with E-state index in [1.54, 1.807) is 0 Å². The average Bonchev–Trinajstić information content (AvgIpc) is 2.24. The molecular weight excluding hydrogens is 260 g/mol. The summed E-state index contributed by atoms with van der Waals surface area (Å²) in [5.41, 5.74) is 5.77. The Morgan fingerprint density at radius 2 is 2.00 bits per heavy atom. The molecule has 0 radical (unpaired) electrons. The molecule has 100 valence electrons. The summed E-state index contributed by atoms with van der Waals surface area (Å²) in [4.78, 5) is 10.8. The summed E-state index contributed by atoms with van der Waals surface area (Å²) in [5, 5.41) is 8.81. The summed E-state index contributed by atoms with van der Waals surface area (Å²) >= 11 is 0.